The van der Waals surface area contributed by atoms with E-state index in [4.69, 9.17) is 20.8 Å². The number of nitrogens with one attached hydrogen (secondary N) is 1. The lowest BCUT2D eigenvalue weighted by Gasteiger charge is -2.15. The highest BCUT2D eigenvalue weighted by Crippen LogP contribution is 2.41. The van der Waals surface area contributed by atoms with Crippen molar-refractivity contribution in [2.45, 2.75) is 20.8 Å². The fourth-order valence-electron chi connectivity index (χ4n) is 4.54. The van der Waals surface area contributed by atoms with Crippen LogP contribution < -0.4 is 10.1 Å². The van der Waals surface area contributed by atoms with Crippen molar-refractivity contribution in [2.75, 3.05) is 11.9 Å². The first-order valence-electron chi connectivity index (χ1n) is 11.9. The Hall–Kier alpha value is -4.02. The van der Waals surface area contributed by atoms with E-state index in [-0.39, 0.29) is 5.91 Å². The van der Waals surface area contributed by atoms with Gasteiger partial charge in [0.05, 0.1) is 12.9 Å². The lowest BCUT2D eigenvalue weighted by molar-refractivity contribution is -0.111. The molecule has 1 amide bonds. The zero-order valence-corrected chi connectivity index (χ0v) is 21.1. The van der Waals surface area contributed by atoms with Crippen LogP contribution in [-0.2, 0) is 4.79 Å². The molecule has 0 atom stereocenters. The molecule has 0 aliphatic rings. The summed E-state index contributed by atoms with van der Waals surface area (Å²) in [5.74, 6) is 0.477. The molecule has 1 aromatic heterocycles. The van der Waals surface area contributed by atoms with Crippen LogP contribution in [-0.4, -0.2) is 12.5 Å². The maximum atomic E-state index is 12.8. The summed E-state index contributed by atoms with van der Waals surface area (Å²) in [5, 5.41) is 6.77. The first kappa shape index (κ1) is 23.7. The van der Waals surface area contributed by atoms with Crippen LogP contribution in [0, 0.1) is 6.92 Å². The maximum Gasteiger partial charge on any atom is 0.248 e. The number of hydrogen-bond donors (Lipinski definition) is 1. The number of fused-ring (bicyclic) bond motifs is 2. The lowest BCUT2D eigenvalue weighted by atomic mass is 9.95. The largest absolute Gasteiger partial charge is 0.493 e. The molecule has 0 saturated heterocycles. The van der Waals surface area contributed by atoms with Crippen LogP contribution in [0.5, 0.6) is 5.75 Å². The summed E-state index contributed by atoms with van der Waals surface area (Å²) in [6.45, 7) is 6.35. The molecule has 1 N–H and O–H groups in total. The van der Waals surface area contributed by atoms with Gasteiger partial charge >= 0.3 is 0 Å². The molecule has 0 spiro atoms. The Balaban J connectivity index is 1.59. The zero-order chi connectivity index (χ0) is 25.2. The number of anilines is 1. The van der Waals surface area contributed by atoms with E-state index in [1.807, 2.05) is 32.9 Å². The Bertz CT molecular complexity index is 1630. The smallest absolute Gasteiger partial charge is 0.248 e. The molecule has 5 rings (SSSR count). The molecular formula is C31H26ClNO3. The van der Waals surface area contributed by atoms with Crippen LogP contribution in [0.15, 0.2) is 89.6 Å². The van der Waals surface area contributed by atoms with Gasteiger partial charge in [-0.05, 0) is 73.0 Å². The van der Waals surface area contributed by atoms with Crippen LogP contribution >= 0.6 is 11.6 Å². The fraction of sp³-hybridized carbons (Fsp3) is 0.129. The maximum absolute atomic E-state index is 12.8. The number of allylic oxidation sites excluding steroid dienone is 1. The molecule has 0 radical (unpaired) electrons. The summed E-state index contributed by atoms with van der Waals surface area (Å²) < 4.78 is 12.1. The molecule has 4 nitrogen and oxygen atoms in total. The number of furan rings is 1. The molecule has 5 heteroatoms. The van der Waals surface area contributed by atoms with E-state index in [0.29, 0.717) is 23.1 Å². The van der Waals surface area contributed by atoms with Gasteiger partial charge < -0.3 is 14.5 Å². The second-order valence-electron chi connectivity index (χ2n) is 8.73. The van der Waals surface area contributed by atoms with Crippen molar-refractivity contribution in [1.82, 2.24) is 0 Å². The van der Waals surface area contributed by atoms with Gasteiger partial charge in [0.15, 0.2) is 0 Å². The molecule has 4 aromatic carbocycles. The normalized spacial score (nSPS) is 11.7. The standard InChI is InChI=1S/C31H26ClNO3/c1-4-35-30-20(3)31-27(28(18-36-31)23-13-12-21-8-5-6-9-22(21)15-23)17-26(30)19(2)14-29(34)33-25-11-7-10-24(32)16-25/h5-18H,4H2,1-3H3,(H,33,34)/b19-14+. The van der Waals surface area contributed by atoms with Gasteiger partial charge in [0.1, 0.15) is 11.3 Å². The Kier molecular flexibility index (Phi) is 6.53. The number of rotatable bonds is 6. The Morgan fingerprint density at radius 2 is 1.83 bits per heavy atom. The van der Waals surface area contributed by atoms with Gasteiger partial charge in [-0.2, -0.15) is 0 Å². The molecule has 0 fully saturated rings. The van der Waals surface area contributed by atoms with Crippen LogP contribution in [0.2, 0.25) is 5.02 Å². The summed E-state index contributed by atoms with van der Waals surface area (Å²) >= 11 is 6.05. The highest BCUT2D eigenvalue weighted by Gasteiger charge is 2.19. The average molecular weight is 496 g/mol. The zero-order valence-electron chi connectivity index (χ0n) is 20.4. The molecule has 180 valence electrons. The first-order chi connectivity index (χ1) is 17.4. The minimum absolute atomic E-state index is 0.239. The van der Waals surface area contributed by atoms with Crippen molar-refractivity contribution < 1.29 is 13.9 Å². The Morgan fingerprint density at radius 3 is 2.61 bits per heavy atom. The lowest BCUT2D eigenvalue weighted by Crippen LogP contribution is -2.09. The molecule has 0 aliphatic heterocycles. The minimum atomic E-state index is -0.239. The average Bonchev–Trinajstić information content (AvgIpc) is 3.29. The Labute approximate surface area is 215 Å². The highest BCUT2D eigenvalue weighted by molar-refractivity contribution is 6.31. The van der Waals surface area contributed by atoms with Gasteiger partial charge in [-0.3, -0.25) is 4.79 Å². The molecule has 0 aliphatic carbocycles. The number of hydrogen-bond acceptors (Lipinski definition) is 3. The Morgan fingerprint density at radius 1 is 1.03 bits per heavy atom. The van der Waals surface area contributed by atoms with Gasteiger partial charge in [-0.25, -0.2) is 0 Å². The SMILES string of the molecule is CCOc1c(/C(C)=C/C(=O)Nc2cccc(Cl)c2)cc2c(-c3ccc4ccccc4c3)coc2c1C. The van der Waals surface area contributed by atoms with Crippen molar-refractivity contribution in [1.29, 1.82) is 0 Å². The third kappa shape index (κ3) is 4.60. The number of halogens is 1. The van der Waals surface area contributed by atoms with Gasteiger partial charge in [-0.15, -0.1) is 0 Å². The summed E-state index contributed by atoms with van der Waals surface area (Å²) in [7, 11) is 0. The molecule has 1 heterocycles. The van der Waals surface area contributed by atoms with Gasteiger partial charge in [0, 0.05) is 38.9 Å². The number of amides is 1. The molecule has 0 unspecified atom stereocenters. The monoisotopic (exact) mass is 495 g/mol. The summed E-state index contributed by atoms with van der Waals surface area (Å²) in [6.07, 6.45) is 3.38. The molecular weight excluding hydrogens is 470 g/mol. The van der Waals surface area contributed by atoms with Crippen LogP contribution in [0.3, 0.4) is 0 Å². The molecule has 5 aromatic rings. The number of carbonyl (C=O) groups excluding carboxylic acids is 1. The van der Waals surface area contributed by atoms with E-state index in [1.165, 1.54) is 10.8 Å². The van der Waals surface area contributed by atoms with Crippen molar-refractivity contribution >= 4 is 50.5 Å². The van der Waals surface area contributed by atoms with E-state index in [1.54, 1.807) is 36.6 Å². The third-order valence-electron chi connectivity index (χ3n) is 6.26. The fourth-order valence-corrected chi connectivity index (χ4v) is 4.73. The number of carbonyl (C=O) groups is 1. The van der Waals surface area contributed by atoms with Crippen molar-refractivity contribution in [3.05, 3.63) is 101 Å². The van der Waals surface area contributed by atoms with E-state index in [2.05, 4.69) is 41.7 Å². The second-order valence-corrected chi connectivity index (χ2v) is 9.16. The summed E-state index contributed by atoms with van der Waals surface area (Å²) in [5.41, 5.74) is 6.03. The first-order valence-corrected chi connectivity index (χ1v) is 12.2. The quantitative estimate of drug-likeness (QED) is 0.240. The number of ether oxygens (including phenoxy) is 1. The van der Waals surface area contributed by atoms with E-state index < -0.39 is 0 Å². The second kappa shape index (κ2) is 9.92. The van der Waals surface area contributed by atoms with Crippen LogP contribution in [0.4, 0.5) is 5.69 Å². The highest BCUT2D eigenvalue weighted by atomic mass is 35.5. The van der Waals surface area contributed by atoms with E-state index in [0.717, 1.165) is 38.8 Å². The topological polar surface area (TPSA) is 51.5 Å². The van der Waals surface area contributed by atoms with E-state index in [9.17, 15) is 4.79 Å². The predicted octanol–water partition coefficient (Wildman–Crippen LogP) is 8.66. The summed E-state index contributed by atoms with van der Waals surface area (Å²) in [6, 6.07) is 23.8. The van der Waals surface area contributed by atoms with Crippen molar-refractivity contribution in [2.24, 2.45) is 0 Å². The van der Waals surface area contributed by atoms with Crippen LogP contribution in [0.1, 0.15) is 25.0 Å². The third-order valence-corrected chi connectivity index (χ3v) is 6.49. The molecule has 36 heavy (non-hydrogen) atoms. The molecule has 0 bridgehead atoms. The van der Waals surface area contributed by atoms with Crippen molar-refractivity contribution in [3.8, 4) is 16.9 Å². The number of benzene rings is 4. The predicted molar refractivity (Wildman–Crippen MR) is 149 cm³/mol. The van der Waals surface area contributed by atoms with Crippen molar-refractivity contribution in [3.63, 3.8) is 0 Å². The van der Waals surface area contributed by atoms with Gasteiger partial charge in [0.2, 0.25) is 5.91 Å². The van der Waals surface area contributed by atoms with Crippen LogP contribution in [0.25, 0.3) is 38.4 Å². The number of aryl methyl sites for hydroxylation is 1. The van der Waals surface area contributed by atoms with Gasteiger partial charge in [0.25, 0.3) is 0 Å². The van der Waals surface area contributed by atoms with Gasteiger partial charge in [-0.1, -0.05) is 54.1 Å². The molecule has 0 saturated carbocycles. The van der Waals surface area contributed by atoms with E-state index >= 15 is 0 Å². The summed E-state index contributed by atoms with van der Waals surface area (Å²) in [4.78, 5) is 12.8. The minimum Gasteiger partial charge on any atom is -0.493 e.